The Labute approximate surface area is 172 Å². The summed E-state index contributed by atoms with van der Waals surface area (Å²) in [6.07, 6.45) is 1.22. The molecule has 0 aromatic carbocycles. The molecule has 3 rings (SSSR count). The monoisotopic (exact) mass is 457 g/mol. The van der Waals surface area contributed by atoms with Gasteiger partial charge in [0.25, 0.3) is 0 Å². The number of halogens is 3. The Kier molecular flexibility index (Phi) is 8.05. The predicted octanol–water partition coefficient (Wildman–Crippen LogP) is 2.80. The number of hydrogen-bond donors (Lipinski definition) is 1. The minimum absolute atomic E-state index is 0.224. The van der Waals surface area contributed by atoms with Gasteiger partial charge in [0.05, 0.1) is 12.3 Å². The van der Waals surface area contributed by atoms with Gasteiger partial charge in [0.2, 0.25) is 10.0 Å². The molecule has 0 atom stereocenters. The van der Waals surface area contributed by atoms with Gasteiger partial charge in [-0.1, -0.05) is 0 Å². The third kappa shape index (κ3) is 6.90. The molecule has 2 aliphatic heterocycles. The van der Waals surface area contributed by atoms with Crippen LogP contribution in [0.15, 0.2) is 11.6 Å². The molecule has 7 nitrogen and oxygen atoms in total. The van der Waals surface area contributed by atoms with Crippen LogP contribution in [0.2, 0.25) is 0 Å². The lowest BCUT2D eigenvalue weighted by atomic mass is 9.71. The fourth-order valence-electron chi connectivity index (χ4n) is 3.63. The molecule has 29 heavy (non-hydrogen) atoms. The van der Waals surface area contributed by atoms with E-state index in [0.717, 1.165) is 32.5 Å². The second-order valence-electron chi connectivity index (χ2n) is 7.30. The molecule has 0 amide bonds. The van der Waals surface area contributed by atoms with E-state index in [0.29, 0.717) is 18.5 Å². The molecule has 0 bridgehead atoms. The van der Waals surface area contributed by atoms with Gasteiger partial charge in [0, 0.05) is 24.7 Å². The van der Waals surface area contributed by atoms with E-state index in [9.17, 15) is 21.6 Å². The zero-order valence-corrected chi connectivity index (χ0v) is 17.8. The van der Waals surface area contributed by atoms with E-state index in [1.165, 1.54) is 17.8 Å². The largest absolute Gasteiger partial charge is 0.490 e. The van der Waals surface area contributed by atoms with E-state index < -0.39 is 22.2 Å². The fraction of sp³-hybridized carbons (Fsp3) is 0.765. The SMILES string of the molecule is CCS(=O)(=O)N1CCC2(CCN(Cc3nccs3)CC2)CC1.O=C(O)C(F)(F)F. The lowest BCUT2D eigenvalue weighted by Crippen LogP contribution is -2.48. The van der Waals surface area contributed by atoms with Crippen LogP contribution in [0.4, 0.5) is 13.2 Å². The second kappa shape index (κ2) is 9.71. The Morgan fingerprint density at radius 1 is 1.21 bits per heavy atom. The summed E-state index contributed by atoms with van der Waals surface area (Å²) in [7, 11) is -3.01. The summed E-state index contributed by atoms with van der Waals surface area (Å²) >= 11 is 1.72. The second-order valence-corrected chi connectivity index (χ2v) is 10.5. The van der Waals surface area contributed by atoms with Gasteiger partial charge >= 0.3 is 12.1 Å². The first kappa shape index (κ1) is 24.0. The number of likely N-dealkylation sites (tertiary alicyclic amines) is 1. The number of carboxylic acid groups (broad SMARTS) is 1. The first-order valence-electron chi connectivity index (χ1n) is 9.36. The maximum atomic E-state index is 12.0. The van der Waals surface area contributed by atoms with E-state index in [1.807, 2.05) is 11.6 Å². The van der Waals surface area contributed by atoms with Crippen molar-refractivity contribution >= 4 is 27.3 Å². The van der Waals surface area contributed by atoms with Crippen LogP contribution in [0.5, 0.6) is 0 Å². The summed E-state index contributed by atoms with van der Waals surface area (Å²) in [5.41, 5.74) is 0.374. The summed E-state index contributed by atoms with van der Waals surface area (Å²) < 4.78 is 57.4. The van der Waals surface area contributed by atoms with Gasteiger partial charge in [-0.3, -0.25) is 4.90 Å². The van der Waals surface area contributed by atoms with Gasteiger partial charge in [0.1, 0.15) is 5.01 Å². The van der Waals surface area contributed by atoms with Crippen LogP contribution in [-0.2, 0) is 21.4 Å². The molecule has 2 saturated heterocycles. The molecular formula is C17H26F3N3O4S2. The van der Waals surface area contributed by atoms with Crippen LogP contribution >= 0.6 is 11.3 Å². The van der Waals surface area contributed by atoms with Crippen LogP contribution in [-0.4, -0.2) is 71.8 Å². The standard InChI is InChI=1S/C15H25N3O2S2.C2HF3O2/c1-2-22(19,20)18-10-5-15(6-11-18)3-8-17(9-4-15)13-14-16-7-12-21-14;3-2(4,5)1(6)7/h7,12H,2-6,8-11,13H2,1H3;(H,6,7). The highest BCUT2D eigenvalue weighted by molar-refractivity contribution is 7.89. The van der Waals surface area contributed by atoms with Crippen molar-refractivity contribution in [3.63, 3.8) is 0 Å². The Hall–Kier alpha value is -1.24. The van der Waals surface area contributed by atoms with E-state index >= 15 is 0 Å². The average Bonchev–Trinajstić information content (AvgIpc) is 3.17. The van der Waals surface area contributed by atoms with E-state index in [1.54, 1.807) is 22.6 Å². The number of sulfonamides is 1. The summed E-state index contributed by atoms with van der Waals surface area (Å²) in [4.78, 5) is 15.7. The molecule has 1 aromatic rings. The number of alkyl halides is 3. The molecule has 1 aromatic heterocycles. The van der Waals surface area contributed by atoms with Crippen molar-refractivity contribution in [2.24, 2.45) is 5.41 Å². The molecule has 3 heterocycles. The zero-order valence-electron chi connectivity index (χ0n) is 16.2. The van der Waals surface area contributed by atoms with Gasteiger partial charge in [-0.15, -0.1) is 11.3 Å². The number of carboxylic acids is 1. The highest BCUT2D eigenvalue weighted by Gasteiger charge is 2.40. The number of carbonyl (C=O) groups is 1. The highest BCUT2D eigenvalue weighted by Crippen LogP contribution is 2.42. The normalized spacial score (nSPS) is 20.8. The molecule has 2 fully saturated rings. The van der Waals surface area contributed by atoms with Crippen molar-refractivity contribution in [3.05, 3.63) is 16.6 Å². The van der Waals surface area contributed by atoms with E-state index in [4.69, 9.17) is 9.90 Å². The molecule has 0 aliphatic carbocycles. The Balaban J connectivity index is 0.000000370. The number of aromatic nitrogens is 1. The van der Waals surface area contributed by atoms with Crippen LogP contribution < -0.4 is 0 Å². The molecule has 1 N–H and O–H groups in total. The molecule has 2 aliphatic rings. The van der Waals surface area contributed by atoms with Gasteiger partial charge in [-0.2, -0.15) is 13.2 Å². The molecule has 0 saturated carbocycles. The van der Waals surface area contributed by atoms with E-state index in [2.05, 4.69) is 9.88 Å². The van der Waals surface area contributed by atoms with Gasteiger partial charge in [0.15, 0.2) is 0 Å². The third-order valence-electron chi connectivity index (χ3n) is 5.54. The molecule has 1 spiro atoms. The van der Waals surface area contributed by atoms with Gasteiger partial charge in [-0.05, 0) is 51.1 Å². The van der Waals surface area contributed by atoms with Crippen LogP contribution in [0.25, 0.3) is 0 Å². The summed E-state index contributed by atoms with van der Waals surface area (Å²) in [6, 6.07) is 0. The van der Waals surface area contributed by atoms with E-state index in [-0.39, 0.29) is 5.75 Å². The van der Waals surface area contributed by atoms with Crippen LogP contribution in [0.3, 0.4) is 0 Å². The summed E-state index contributed by atoms with van der Waals surface area (Å²) in [5, 5.41) is 10.4. The minimum atomic E-state index is -5.08. The maximum Gasteiger partial charge on any atom is 0.490 e. The fourth-order valence-corrected chi connectivity index (χ4v) is 5.39. The smallest absolute Gasteiger partial charge is 0.475 e. The summed E-state index contributed by atoms with van der Waals surface area (Å²) in [6.45, 7) is 6.34. The number of piperidine rings is 2. The highest BCUT2D eigenvalue weighted by atomic mass is 32.2. The van der Waals surface area contributed by atoms with Crippen molar-refractivity contribution in [3.8, 4) is 0 Å². The van der Waals surface area contributed by atoms with Gasteiger partial charge < -0.3 is 5.11 Å². The first-order chi connectivity index (χ1) is 13.5. The topological polar surface area (TPSA) is 90.8 Å². The average molecular weight is 458 g/mol. The number of thiazole rings is 1. The zero-order chi connectivity index (χ0) is 21.7. The number of hydrogen-bond acceptors (Lipinski definition) is 6. The Morgan fingerprint density at radius 3 is 2.14 bits per heavy atom. The summed E-state index contributed by atoms with van der Waals surface area (Å²) in [5.74, 6) is -2.53. The molecule has 0 unspecified atom stereocenters. The van der Waals surface area contributed by atoms with Gasteiger partial charge in [-0.25, -0.2) is 22.5 Å². The minimum Gasteiger partial charge on any atom is -0.475 e. The molecule has 166 valence electrons. The van der Waals surface area contributed by atoms with Crippen molar-refractivity contribution in [2.45, 2.75) is 45.3 Å². The maximum absolute atomic E-state index is 12.0. The van der Waals surface area contributed by atoms with Crippen LogP contribution in [0.1, 0.15) is 37.6 Å². The quantitative estimate of drug-likeness (QED) is 0.748. The van der Waals surface area contributed by atoms with Crippen molar-refractivity contribution in [1.29, 1.82) is 0 Å². The van der Waals surface area contributed by atoms with Crippen LogP contribution in [0, 0.1) is 5.41 Å². The molecule has 0 radical (unpaired) electrons. The number of nitrogens with zero attached hydrogens (tertiary/aromatic N) is 3. The lowest BCUT2D eigenvalue weighted by molar-refractivity contribution is -0.192. The lowest BCUT2D eigenvalue weighted by Gasteiger charge is -2.46. The Bertz CT molecular complexity index is 751. The molecular weight excluding hydrogens is 431 g/mol. The van der Waals surface area contributed by atoms with Crippen molar-refractivity contribution in [1.82, 2.24) is 14.2 Å². The van der Waals surface area contributed by atoms with Crippen molar-refractivity contribution < 1.29 is 31.5 Å². The Morgan fingerprint density at radius 2 is 1.72 bits per heavy atom. The third-order valence-corrected chi connectivity index (χ3v) is 8.19. The van der Waals surface area contributed by atoms with Crippen molar-refractivity contribution in [2.75, 3.05) is 31.9 Å². The molecule has 12 heteroatoms. The first-order valence-corrected chi connectivity index (χ1v) is 11.8. The number of aliphatic carboxylic acids is 1. The predicted molar refractivity (Wildman–Crippen MR) is 103 cm³/mol. The number of rotatable bonds is 4.